The van der Waals surface area contributed by atoms with Crippen molar-refractivity contribution in [3.8, 4) is 0 Å². The maximum atomic E-state index is 12.0. The van der Waals surface area contributed by atoms with Crippen LogP contribution < -0.4 is 0 Å². The molecule has 0 saturated heterocycles. The van der Waals surface area contributed by atoms with E-state index in [1.165, 1.54) is 231 Å². The topological polar surface area (TPSA) is 35.5 Å². The number of esters is 1. The van der Waals surface area contributed by atoms with E-state index in [1.54, 1.807) is 0 Å². The molecule has 0 saturated carbocycles. The van der Waals surface area contributed by atoms with Crippen molar-refractivity contribution in [2.24, 2.45) is 5.92 Å². The molecular weight excluding hydrogens is 625 g/mol. The van der Waals surface area contributed by atoms with E-state index < -0.39 is 0 Å². The fourth-order valence-electron chi connectivity index (χ4n) is 7.50. The van der Waals surface area contributed by atoms with Gasteiger partial charge in [0.05, 0.1) is 6.61 Å². The molecule has 0 amide bonds. The smallest absolute Gasteiger partial charge is 0.305 e. The van der Waals surface area contributed by atoms with Crippen LogP contribution >= 0.6 is 0 Å². The molecule has 0 aromatic rings. The molecule has 0 heterocycles. The molecule has 306 valence electrons. The van der Waals surface area contributed by atoms with Crippen molar-refractivity contribution >= 4 is 5.97 Å². The standard InChI is InChI=1S/C48H96O3/c1-4-5-6-7-8-9-10-11-12-13-14-15-16-17-18-19-20-21-22-23-26-29-32-35-38-41-44-50-45-46-51-48(49)43-40-37-34-31-28-25-24-27-30-33-36-39-42-47(2)3/h47H,4-46H2,1-3H3. The fourth-order valence-corrected chi connectivity index (χ4v) is 7.50. The van der Waals surface area contributed by atoms with E-state index in [0.29, 0.717) is 19.6 Å². The Morgan fingerprint density at radius 1 is 0.353 bits per heavy atom. The van der Waals surface area contributed by atoms with Crippen LogP contribution in [0.5, 0.6) is 0 Å². The first-order valence-electron chi connectivity index (χ1n) is 23.9. The predicted octanol–water partition coefficient (Wildman–Crippen LogP) is 16.8. The van der Waals surface area contributed by atoms with Gasteiger partial charge in [0.25, 0.3) is 0 Å². The van der Waals surface area contributed by atoms with E-state index in [0.717, 1.165) is 31.8 Å². The zero-order chi connectivity index (χ0) is 37.0. The molecule has 0 aromatic carbocycles. The van der Waals surface area contributed by atoms with Gasteiger partial charge in [-0.05, 0) is 18.8 Å². The maximum absolute atomic E-state index is 12.0. The van der Waals surface area contributed by atoms with Crippen molar-refractivity contribution in [3.05, 3.63) is 0 Å². The maximum Gasteiger partial charge on any atom is 0.305 e. The van der Waals surface area contributed by atoms with Gasteiger partial charge < -0.3 is 9.47 Å². The Kier molecular flexibility index (Phi) is 45.1. The molecule has 3 nitrogen and oxygen atoms in total. The van der Waals surface area contributed by atoms with Gasteiger partial charge in [-0.2, -0.15) is 0 Å². The summed E-state index contributed by atoms with van der Waals surface area (Å²) in [4.78, 5) is 12.0. The normalized spacial score (nSPS) is 11.6. The highest BCUT2D eigenvalue weighted by atomic mass is 16.6. The first-order chi connectivity index (χ1) is 25.2. The zero-order valence-electron chi connectivity index (χ0n) is 35.7. The molecule has 0 aliphatic rings. The highest BCUT2D eigenvalue weighted by molar-refractivity contribution is 5.69. The largest absolute Gasteiger partial charge is 0.463 e. The summed E-state index contributed by atoms with van der Waals surface area (Å²) in [6.07, 6.45) is 55.0. The average Bonchev–Trinajstić information content (AvgIpc) is 3.12. The van der Waals surface area contributed by atoms with Crippen molar-refractivity contribution < 1.29 is 14.3 Å². The molecule has 0 fully saturated rings. The van der Waals surface area contributed by atoms with Gasteiger partial charge in [0.15, 0.2) is 0 Å². The number of unbranched alkanes of at least 4 members (excludes halogenated alkanes) is 36. The SMILES string of the molecule is CCCCCCCCCCCCCCCCCCCCCCCCCCCCOCCOC(=O)CCCCCCCCCCCCCCC(C)C. The Bertz CT molecular complexity index is 632. The molecule has 0 aliphatic heterocycles. The lowest BCUT2D eigenvalue weighted by Crippen LogP contribution is -2.10. The van der Waals surface area contributed by atoms with E-state index in [2.05, 4.69) is 20.8 Å². The molecular formula is C48H96O3. The third-order valence-corrected chi connectivity index (χ3v) is 11.0. The molecule has 0 unspecified atom stereocenters. The second-order valence-electron chi connectivity index (χ2n) is 16.8. The highest BCUT2D eigenvalue weighted by Gasteiger charge is 2.03. The number of hydrogen-bond acceptors (Lipinski definition) is 3. The second-order valence-corrected chi connectivity index (χ2v) is 16.8. The lowest BCUT2D eigenvalue weighted by molar-refractivity contribution is -0.145. The number of hydrogen-bond donors (Lipinski definition) is 0. The van der Waals surface area contributed by atoms with Crippen molar-refractivity contribution in [2.75, 3.05) is 19.8 Å². The van der Waals surface area contributed by atoms with E-state index in [1.807, 2.05) is 0 Å². The summed E-state index contributed by atoms with van der Waals surface area (Å²) < 4.78 is 11.0. The van der Waals surface area contributed by atoms with Gasteiger partial charge in [-0.25, -0.2) is 0 Å². The summed E-state index contributed by atoms with van der Waals surface area (Å²) in [6, 6.07) is 0. The summed E-state index contributed by atoms with van der Waals surface area (Å²) in [7, 11) is 0. The molecule has 0 aliphatic carbocycles. The molecule has 0 N–H and O–H groups in total. The van der Waals surface area contributed by atoms with Crippen molar-refractivity contribution in [3.63, 3.8) is 0 Å². The molecule has 0 spiro atoms. The van der Waals surface area contributed by atoms with Gasteiger partial charge in [-0.1, -0.05) is 258 Å². The van der Waals surface area contributed by atoms with Crippen LogP contribution in [-0.4, -0.2) is 25.8 Å². The van der Waals surface area contributed by atoms with Crippen molar-refractivity contribution in [1.82, 2.24) is 0 Å². The third kappa shape index (κ3) is 47.4. The minimum atomic E-state index is -0.0489. The van der Waals surface area contributed by atoms with Gasteiger partial charge in [0.1, 0.15) is 6.61 Å². The molecule has 0 bridgehead atoms. The first-order valence-corrected chi connectivity index (χ1v) is 23.9. The Hall–Kier alpha value is -0.570. The van der Waals surface area contributed by atoms with Crippen molar-refractivity contribution in [1.29, 1.82) is 0 Å². The van der Waals surface area contributed by atoms with Gasteiger partial charge in [-0.3, -0.25) is 4.79 Å². The molecule has 0 atom stereocenters. The van der Waals surface area contributed by atoms with Crippen LogP contribution in [-0.2, 0) is 14.3 Å². The van der Waals surface area contributed by atoms with Gasteiger partial charge in [0, 0.05) is 13.0 Å². The van der Waals surface area contributed by atoms with E-state index in [9.17, 15) is 4.79 Å². The molecule has 0 rings (SSSR count). The summed E-state index contributed by atoms with van der Waals surface area (Å²) in [5.41, 5.74) is 0. The fraction of sp³-hybridized carbons (Fsp3) is 0.979. The Labute approximate surface area is 322 Å². The van der Waals surface area contributed by atoms with Crippen LogP contribution in [0.3, 0.4) is 0 Å². The van der Waals surface area contributed by atoms with E-state index >= 15 is 0 Å². The summed E-state index contributed by atoms with van der Waals surface area (Å²) in [6.45, 7) is 8.72. The van der Waals surface area contributed by atoms with Gasteiger partial charge in [-0.15, -0.1) is 0 Å². The van der Waals surface area contributed by atoms with Crippen LogP contribution in [0.1, 0.15) is 278 Å². The monoisotopic (exact) mass is 721 g/mol. The highest BCUT2D eigenvalue weighted by Crippen LogP contribution is 2.17. The Morgan fingerprint density at radius 2 is 0.647 bits per heavy atom. The number of rotatable bonds is 45. The Morgan fingerprint density at radius 3 is 0.980 bits per heavy atom. The number of carbonyl (C=O) groups is 1. The van der Waals surface area contributed by atoms with Gasteiger partial charge in [0.2, 0.25) is 0 Å². The number of ether oxygens (including phenoxy) is 2. The molecule has 51 heavy (non-hydrogen) atoms. The van der Waals surface area contributed by atoms with E-state index in [-0.39, 0.29) is 5.97 Å². The molecule has 0 aromatic heterocycles. The van der Waals surface area contributed by atoms with Crippen LogP contribution in [0, 0.1) is 5.92 Å². The third-order valence-electron chi connectivity index (χ3n) is 11.0. The first kappa shape index (κ1) is 50.4. The Balaban J connectivity index is 3.13. The van der Waals surface area contributed by atoms with Crippen LogP contribution in [0.2, 0.25) is 0 Å². The van der Waals surface area contributed by atoms with Crippen LogP contribution in [0.4, 0.5) is 0 Å². The predicted molar refractivity (Wildman–Crippen MR) is 227 cm³/mol. The minimum absolute atomic E-state index is 0.0489. The van der Waals surface area contributed by atoms with E-state index in [4.69, 9.17) is 9.47 Å². The van der Waals surface area contributed by atoms with Gasteiger partial charge >= 0.3 is 5.97 Å². The second kappa shape index (κ2) is 45.6. The van der Waals surface area contributed by atoms with Crippen molar-refractivity contribution in [2.45, 2.75) is 278 Å². The number of carbonyl (C=O) groups excluding carboxylic acids is 1. The lowest BCUT2D eigenvalue weighted by atomic mass is 10.0. The quantitative estimate of drug-likeness (QED) is 0.0464. The average molecular weight is 721 g/mol. The summed E-state index contributed by atoms with van der Waals surface area (Å²) >= 11 is 0. The summed E-state index contributed by atoms with van der Waals surface area (Å²) in [5.74, 6) is 0.815. The van der Waals surface area contributed by atoms with Crippen LogP contribution in [0.25, 0.3) is 0 Å². The molecule has 3 heteroatoms. The molecule has 0 radical (unpaired) electrons. The van der Waals surface area contributed by atoms with Crippen LogP contribution in [0.15, 0.2) is 0 Å². The lowest BCUT2D eigenvalue weighted by Gasteiger charge is -2.07. The summed E-state index contributed by atoms with van der Waals surface area (Å²) in [5, 5.41) is 0. The zero-order valence-corrected chi connectivity index (χ0v) is 35.7. The minimum Gasteiger partial charge on any atom is -0.463 e.